The van der Waals surface area contributed by atoms with Crippen molar-refractivity contribution < 1.29 is 14.3 Å². The van der Waals surface area contributed by atoms with Gasteiger partial charge in [-0.1, -0.05) is 24.6 Å². The summed E-state index contributed by atoms with van der Waals surface area (Å²) in [5.41, 5.74) is 0.486. The molecule has 2 unspecified atom stereocenters. The Hall–Kier alpha value is -1.46. The van der Waals surface area contributed by atoms with Crippen molar-refractivity contribution in [2.24, 2.45) is 5.92 Å². The molecule has 5 heteroatoms. The van der Waals surface area contributed by atoms with E-state index in [-0.39, 0.29) is 36.8 Å². The largest absolute Gasteiger partial charge is 0.393 e. The van der Waals surface area contributed by atoms with E-state index in [9.17, 15) is 14.3 Å². The Bertz CT molecular complexity index is 481. The Morgan fingerprint density at radius 3 is 2.86 bits per heavy atom. The second-order valence-electron chi connectivity index (χ2n) is 5.82. The van der Waals surface area contributed by atoms with Crippen LogP contribution in [0.3, 0.4) is 0 Å². The van der Waals surface area contributed by atoms with Crippen molar-refractivity contribution >= 4 is 5.91 Å². The molecule has 0 spiro atoms. The summed E-state index contributed by atoms with van der Waals surface area (Å²) in [6.07, 6.45) is 2.69. The number of hydrogen-bond acceptors (Lipinski definition) is 3. The van der Waals surface area contributed by atoms with Gasteiger partial charge in [0.25, 0.3) is 0 Å². The van der Waals surface area contributed by atoms with Gasteiger partial charge in [-0.2, -0.15) is 0 Å². The van der Waals surface area contributed by atoms with Crippen molar-refractivity contribution in [2.45, 2.75) is 31.9 Å². The first-order chi connectivity index (χ1) is 10.1. The van der Waals surface area contributed by atoms with Gasteiger partial charge in [-0.3, -0.25) is 9.69 Å². The summed E-state index contributed by atoms with van der Waals surface area (Å²) in [6.45, 7) is 1.18. The summed E-state index contributed by atoms with van der Waals surface area (Å²) in [6, 6.07) is 6.42. The number of likely N-dealkylation sites (N-methyl/N-ethyl adjacent to an activating group) is 1. The molecule has 4 nitrogen and oxygen atoms in total. The maximum absolute atomic E-state index is 13.4. The van der Waals surface area contributed by atoms with Crippen molar-refractivity contribution in [1.82, 2.24) is 10.2 Å². The number of carbonyl (C=O) groups is 1. The predicted molar refractivity (Wildman–Crippen MR) is 79.1 cm³/mol. The fraction of sp³-hybridized carbons (Fsp3) is 0.562. The molecule has 1 saturated carbocycles. The van der Waals surface area contributed by atoms with Crippen LogP contribution < -0.4 is 5.32 Å². The molecular formula is C16H23FN2O2. The lowest BCUT2D eigenvalue weighted by Gasteiger charge is -2.22. The number of aliphatic hydroxyl groups is 1. The quantitative estimate of drug-likeness (QED) is 0.837. The third-order valence-corrected chi connectivity index (χ3v) is 4.01. The van der Waals surface area contributed by atoms with Gasteiger partial charge in [0.15, 0.2) is 0 Å². The van der Waals surface area contributed by atoms with E-state index in [0.717, 1.165) is 19.3 Å². The molecule has 1 amide bonds. The standard InChI is InChI=1S/C16H23FN2O2/c1-19(10-13-6-4-8-15(13)20)11-16(21)18-9-12-5-2-3-7-14(12)17/h2-3,5,7,13,15,20H,4,6,8-11H2,1H3,(H,18,21). The molecule has 0 heterocycles. The van der Waals surface area contributed by atoms with Crippen molar-refractivity contribution in [3.05, 3.63) is 35.6 Å². The van der Waals surface area contributed by atoms with Crippen LogP contribution in [0.2, 0.25) is 0 Å². The molecule has 2 atom stereocenters. The molecular weight excluding hydrogens is 271 g/mol. The lowest BCUT2D eigenvalue weighted by Crippen LogP contribution is -2.38. The zero-order chi connectivity index (χ0) is 15.2. The molecule has 0 aromatic heterocycles. The number of rotatable bonds is 6. The van der Waals surface area contributed by atoms with Crippen LogP contribution in [0, 0.1) is 11.7 Å². The average Bonchev–Trinajstić information content (AvgIpc) is 2.83. The van der Waals surface area contributed by atoms with E-state index in [0.29, 0.717) is 12.1 Å². The highest BCUT2D eigenvalue weighted by atomic mass is 19.1. The van der Waals surface area contributed by atoms with Crippen LogP contribution in [0.1, 0.15) is 24.8 Å². The molecule has 1 fully saturated rings. The number of aliphatic hydroxyl groups excluding tert-OH is 1. The molecule has 1 aliphatic rings. The van der Waals surface area contributed by atoms with Crippen molar-refractivity contribution in [3.8, 4) is 0 Å². The molecule has 1 aliphatic carbocycles. The van der Waals surface area contributed by atoms with Gasteiger partial charge in [-0.15, -0.1) is 0 Å². The molecule has 0 aliphatic heterocycles. The van der Waals surface area contributed by atoms with Crippen molar-refractivity contribution in [3.63, 3.8) is 0 Å². The normalized spacial score (nSPS) is 21.7. The highest BCUT2D eigenvalue weighted by Gasteiger charge is 2.26. The molecule has 2 N–H and O–H groups in total. The minimum absolute atomic E-state index is 0.131. The Morgan fingerprint density at radius 2 is 2.19 bits per heavy atom. The first kappa shape index (κ1) is 15.9. The summed E-state index contributed by atoms with van der Waals surface area (Å²) in [5.74, 6) is -0.178. The molecule has 1 aromatic carbocycles. The minimum Gasteiger partial charge on any atom is -0.393 e. The van der Waals surface area contributed by atoms with Crippen LogP contribution >= 0.6 is 0 Å². The topological polar surface area (TPSA) is 52.6 Å². The van der Waals surface area contributed by atoms with Crippen LogP contribution in [-0.4, -0.2) is 42.2 Å². The molecule has 0 saturated heterocycles. The second kappa shape index (κ2) is 7.52. The van der Waals surface area contributed by atoms with E-state index in [1.807, 2.05) is 11.9 Å². The Morgan fingerprint density at radius 1 is 1.43 bits per heavy atom. The monoisotopic (exact) mass is 294 g/mol. The summed E-state index contributed by atoms with van der Waals surface area (Å²) in [4.78, 5) is 13.8. The van der Waals surface area contributed by atoms with Crippen LogP contribution in [0.4, 0.5) is 4.39 Å². The lowest BCUT2D eigenvalue weighted by atomic mass is 10.1. The zero-order valence-corrected chi connectivity index (χ0v) is 12.4. The number of amides is 1. The summed E-state index contributed by atoms with van der Waals surface area (Å²) >= 11 is 0. The third kappa shape index (κ3) is 4.79. The van der Waals surface area contributed by atoms with Crippen LogP contribution in [-0.2, 0) is 11.3 Å². The van der Waals surface area contributed by atoms with Crippen molar-refractivity contribution in [1.29, 1.82) is 0 Å². The predicted octanol–water partition coefficient (Wildman–Crippen LogP) is 1.53. The molecule has 1 aromatic rings. The highest BCUT2D eigenvalue weighted by Crippen LogP contribution is 2.25. The van der Waals surface area contributed by atoms with Crippen LogP contribution in [0.25, 0.3) is 0 Å². The van der Waals surface area contributed by atoms with E-state index < -0.39 is 0 Å². The third-order valence-electron chi connectivity index (χ3n) is 4.01. The number of benzene rings is 1. The number of nitrogens with zero attached hydrogens (tertiary/aromatic N) is 1. The molecule has 21 heavy (non-hydrogen) atoms. The Balaban J connectivity index is 1.72. The number of hydrogen-bond donors (Lipinski definition) is 2. The molecule has 116 valence electrons. The summed E-state index contributed by atoms with van der Waals surface area (Å²) in [5, 5.41) is 12.5. The van der Waals surface area contributed by atoms with E-state index in [1.54, 1.807) is 18.2 Å². The van der Waals surface area contributed by atoms with E-state index in [1.165, 1.54) is 6.07 Å². The van der Waals surface area contributed by atoms with Crippen LogP contribution in [0.15, 0.2) is 24.3 Å². The number of halogens is 1. The molecule has 0 radical (unpaired) electrons. The minimum atomic E-state index is -0.305. The summed E-state index contributed by atoms with van der Waals surface area (Å²) < 4.78 is 13.4. The highest BCUT2D eigenvalue weighted by molar-refractivity contribution is 5.77. The zero-order valence-electron chi connectivity index (χ0n) is 12.4. The lowest BCUT2D eigenvalue weighted by molar-refractivity contribution is -0.122. The van der Waals surface area contributed by atoms with Gasteiger partial charge in [0, 0.05) is 18.7 Å². The van der Waals surface area contributed by atoms with Gasteiger partial charge >= 0.3 is 0 Å². The van der Waals surface area contributed by atoms with Gasteiger partial charge in [0.2, 0.25) is 5.91 Å². The van der Waals surface area contributed by atoms with Crippen molar-refractivity contribution in [2.75, 3.05) is 20.1 Å². The summed E-state index contributed by atoms with van der Waals surface area (Å²) in [7, 11) is 1.87. The van der Waals surface area contributed by atoms with E-state index >= 15 is 0 Å². The number of nitrogens with one attached hydrogen (secondary N) is 1. The number of carbonyl (C=O) groups excluding carboxylic acids is 1. The van der Waals surface area contributed by atoms with E-state index in [2.05, 4.69) is 5.32 Å². The average molecular weight is 294 g/mol. The molecule has 2 rings (SSSR count). The first-order valence-electron chi connectivity index (χ1n) is 7.43. The first-order valence-corrected chi connectivity index (χ1v) is 7.43. The van der Waals surface area contributed by atoms with Gasteiger partial charge in [-0.05, 0) is 31.9 Å². The maximum Gasteiger partial charge on any atom is 0.234 e. The van der Waals surface area contributed by atoms with Gasteiger partial charge < -0.3 is 10.4 Å². The fourth-order valence-corrected chi connectivity index (χ4v) is 2.83. The SMILES string of the molecule is CN(CC(=O)NCc1ccccc1F)CC1CCCC1O. The molecule has 0 bridgehead atoms. The second-order valence-corrected chi connectivity index (χ2v) is 5.82. The van der Waals surface area contributed by atoms with Gasteiger partial charge in [-0.25, -0.2) is 4.39 Å². The Labute approximate surface area is 125 Å². The maximum atomic E-state index is 13.4. The van der Waals surface area contributed by atoms with Gasteiger partial charge in [0.05, 0.1) is 12.6 Å². The van der Waals surface area contributed by atoms with Gasteiger partial charge in [0.1, 0.15) is 5.82 Å². The fourth-order valence-electron chi connectivity index (χ4n) is 2.83. The van der Waals surface area contributed by atoms with E-state index in [4.69, 9.17) is 0 Å². The Kier molecular flexibility index (Phi) is 5.70. The smallest absolute Gasteiger partial charge is 0.234 e. The van der Waals surface area contributed by atoms with Crippen LogP contribution in [0.5, 0.6) is 0 Å².